The Morgan fingerprint density at radius 2 is 1.85 bits per heavy atom. The van der Waals surface area contributed by atoms with Crippen LogP contribution in [-0.4, -0.2) is 46.8 Å². The van der Waals surface area contributed by atoms with Crippen LogP contribution in [0.4, 0.5) is 0 Å². The van der Waals surface area contributed by atoms with E-state index in [2.05, 4.69) is 15.3 Å². The molecule has 0 unspecified atom stereocenters. The molecule has 0 aliphatic carbocycles. The van der Waals surface area contributed by atoms with Crippen molar-refractivity contribution < 1.29 is 19.0 Å². The summed E-state index contributed by atoms with van der Waals surface area (Å²) in [6.07, 6.45) is 1.70. The molecule has 0 aliphatic rings. The highest BCUT2D eigenvalue weighted by Crippen LogP contribution is 2.26. The molecule has 0 bridgehead atoms. The molecule has 3 aromatic rings. The molecule has 0 fully saturated rings. The third-order valence-electron chi connectivity index (χ3n) is 3.91. The Bertz CT molecular complexity index is 904. The second-order valence-electron chi connectivity index (χ2n) is 5.60. The highest BCUT2D eigenvalue weighted by Gasteiger charge is 2.22. The lowest BCUT2D eigenvalue weighted by Crippen LogP contribution is -2.09. The zero-order valence-electron chi connectivity index (χ0n) is 15.4. The molecule has 0 atom stereocenters. The van der Waals surface area contributed by atoms with Crippen molar-refractivity contribution in [2.24, 2.45) is 0 Å². The molecule has 0 aliphatic heterocycles. The Hall–Kier alpha value is -3.42. The van der Waals surface area contributed by atoms with Crippen LogP contribution >= 0.6 is 0 Å². The van der Waals surface area contributed by atoms with Crippen molar-refractivity contribution in [2.45, 2.75) is 13.5 Å². The van der Waals surface area contributed by atoms with Gasteiger partial charge in [0.2, 0.25) is 5.88 Å². The summed E-state index contributed by atoms with van der Waals surface area (Å²) in [5.74, 6) is 0.733. The van der Waals surface area contributed by atoms with Crippen molar-refractivity contribution >= 4 is 5.97 Å². The topological polar surface area (TPSA) is 88.4 Å². The maximum atomic E-state index is 12.3. The van der Waals surface area contributed by atoms with Crippen molar-refractivity contribution in [2.75, 3.05) is 20.8 Å². The highest BCUT2D eigenvalue weighted by atomic mass is 16.5. The number of benzene rings is 1. The molecule has 2 aromatic heterocycles. The number of esters is 1. The summed E-state index contributed by atoms with van der Waals surface area (Å²) in [5, 5.41) is 8.20. The summed E-state index contributed by atoms with van der Waals surface area (Å²) >= 11 is 0. The molecule has 0 spiro atoms. The molecule has 27 heavy (non-hydrogen) atoms. The van der Waals surface area contributed by atoms with Gasteiger partial charge in [-0.1, -0.05) is 11.3 Å². The number of carbonyl (C=O) groups excluding carboxylic acids is 1. The molecule has 0 saturated carbocycles. The number of carbonyl (C=O) groups is 1. The van der Waals surface area contributed by atoms with Crippen LogP contribution < -0.4 is 9.47 Å². The first kappa shape index (κ1) is 18.4. The fourth-order valence-corrected chi connectivity index (χ4v) is 2.59. The lowest BCUT2D eigenvalue weighted by molar-refractivity contribution is 0.0520. The number of rotatable bonds is 7. The van der Waals surface area contributed by atoms with Crippen molar-refractivity contribution in [3.05, 3.63) is 53.9 Å². The molecule has 3 rings (SSSR count). The molecule has 0 amide bonds. The predicted octanol–water partition coefficient (Wildman–Crippen LogP) is 2.58. The zero-order chi connectivity index (χ0) is 19.2. The SMILES string of the molecule is CCOC(=O)c1nnn(Cc2ccc(OC)nc2)c1-c1ccc(OC)cc1. The molecule has 8 heteroatoms. The minimum atomic E-state index is -0.512. The molecule has 1 aromatic carbocycles. The van der Waals surface area contributed by atoms with E-state index in [1.165, 1.54) is 0 Å². The van der Waals surface area contributed by atoms with Crippen LogP contribution in [-0.2, 0) is 11.3 Å². The lowest BCUT2D eigenvalue weighted by atomic mass is 10.1. The molecule has 0 saturated heterocycles. The Balaban J connectivity index is 2.00. The van der Waals surface area contributed by atoms with E-state index >= 15 is 0 Å². The van der Waals surface area contributed by atoms with Crippen LogP contribution in [0.25, 0.3) is 11.3 Å². The van der Waals surface area contributed by atoms with Gasteiger partial charge in [0.15, 0.2) is 5.69 Å². The third-order valence-corrected chi connectivity index (χ3v) is 3.91. The molecule has 140 valence electrons. The average molecular weight is 368 g/mol. The van der Waals surface area contributed by atoms with Gasteiger partial charge in [0.05, 0.1) is 27.4 Å². The normalized spacial score (nSPS) is 10.5. The molecule has 0 N–H and O–H groups in total. The molecule has 8 nitrogen and oxygen atoms in total. The van der Waals surface area contributed by atoms with Crippen molar-refractivity contribution in [3.63, 3.8) is 0 Å². The van der Waals surface area contributed by atoms with Crippen LogP contribution in [0.3, 0.4) is 0 Å². The second kappa shape index (κ2) is 8.31. The zero-order valence-corrected chi connectivity index (χ0v) is 15.4. The summed E-state index contributed by atoms with van der Waals surface area (Å²) < 4.78 is 17.0. The van der Waals surface area contributed by atoms with E-state index in [0.29, 0.717) is 18.1 Å². The van der Waals surface area contributed by atoms with Gasteiger partial charge in [-0.3, -0.25) is 0 Å². The number of ether oxygens (including phenoxy) is 3. The third kappa shape index (κ3) is 4.05. The van der Waals surface area contributed by atoms with Crippen LogP contribution in [0.15, 0.2) is 42.6 Å². The number of aromatic nitrogens is 4. The summed E-state index contributed by atoms with van der Waals surface area (Å²) in [7, 11) is 3.16. The van der Waals surface area contributed by atoms with Crippen LogP contribution in [0.1, 0.15) is 23.0 Å². The van der Waals surface area contributed by atoms with E-state index < -0.39 is 5.97 Å². The van der Waals surface area contributed by atoms with E-state index in [1.54, 1.807) is 38.1 Å². The van der Waals surface area contributed by atoms with Crippen LogP contribution in [0, 0.1) is 0 Å². The Kier molecular flexibility index (Phi) is 5.65. The fraction of sp³-hybridized carbons (Fsp3) is 0.263. The van der Waals surface area contributed by atoms with Gasteiger partial charge in [-0.05, 0) is 36.8 Å². The second-order valence-corrected chi connectivity index (χ2v) is 5.60. The number of hydrogen-bond acceptors (Lipinski definition) is 7. The van der Waals surface area contributed by atoms with E-state index in [1.807, 2.05) is 30.3 Å². The van der Waals surface area contributed by atoms with Crippen LogP contribution in [0.5, 0.6) is 11.6 Å². The first-order chi connectivity index (χ1) is 13.2. The standard InChI is InChI=1S/C19H20N4O4/c1-4-27-19(24)17-18(14-6-8-15(25-2)9-7-14)23(22-21-17)12-13-5-10-16(26-3)20-11-13/h5-11H,4,12H2,1-3H3. The number of pyridine rings is 1. The minimum absolute atomic E-state index is 0.170. The maximum absolute atomic E-state index is 12.3. The van der Waals surface area contributed by atoms with Gasteiger partial charge in [-0.25, -0.2) is 14.5 Å². The first-order valence-electron chi connectivity index (χ1n) is 8.40. The number of methoxy groups -OCH3 is 2. The van der Waals surface area contributed by atoms with Gasteiger partial charge >= 0.3 is 5.97 Å². The average Bonchev–Trinajstić information content (AvgIpc) is 3.12. The minimum Gasteiger partial charge on any atom is -0.497 e. The van der Waals surface area contributed by atoms with E-state index in [4.69, 9.17) is 14.2 Å². The maximum Gasteiger partial charge on any atom is 0.361 e. The Morgan fingerprint density at radius 3 is 2.44 bits per heavy atom. The highest BCUT2D eigenvalue weighted by molar-refractivity contribution is 5.94. The molecular weight excluding hydrogens is 348 g/mol. The van der Waals surface area contributed by atoms with E-state index in [0.717, 1.165) is 16.9 Å². The first-order valence-corrected chi connectivity index (χ1v) is 8.40. The molecule has 0 radical (unpaired) electrons. The molecular formula is C19H20N4O4. The fourth-order valence-electron chi connectivity index (χ4n) is 2.59. The van der Waals surface area contributed by atoms with Crippen LogP contribution in [0.2, 0.25) is 0 Å². The van der Waals surface area contributed by atoms with Crippen molar-refractivity contribution in [3.8, 4) is 22.9 Å². The smallest absolute Gasteiger partial charge is 0.361 e. The summed E-state index contributed by atoms with van der Waals surface area (Å²) in [4.78, 5) is 16.5. The summed E-state index contributed by atoms with van der Waals surface area (Å²) in [6, 6.07) is 11.0. The van der Waals surface area contributed by atoms with Gasteiger partial charge in [0, 0.05) is 17.8 Å². The predicted molar refractivity (Wildman–Crippen MR) is 97.9 cm³/mol. The van der Waals surface area contributed by atoms with Gasteiger partial charge in [-0.15, -0.1) is 5.10 Å². The monoisotopic (exact) mass is 368 g/mol. The van der Waals surface area contributed by atoms with Gasteiger partial charge in [-0.2, -0.15) is 0 Å². The largest absolute Gasteiger partial charge is 0.497 e. The number of hydrogen-bond donors (Lipinski definition) is 0. The van der Waals surface area contributed by atoms with Gasteiger partial charge < -0.3 is 14.2 Å². The quantitative estimate of drug-likeness (QED) is 0.592. The van der Waals surface area contributed by atoms with Crippen molar-refractivity contribution in [1.29, 1.82) is 0 Å². The van der Waals surface area contributed by atoms with Crippen molar-refractivity contribution in [1.82, 2.24) is 20.0 Å². The Labute approximate surface area is 156 Å². The molecule has 2 heterocycles. The van der Waals surface area contributed by atoms with E-state index in [-0.39, 0.29) is 12.3 Å². The Morgan fingerprint density at radius 1 is 1.07 bits per heavy atom. The van der Waals surface area contributed by atoms with Gasteiger partial charge in [0.1, 0.15) is 11.4 Å². The summed E-state index contributed by atoms with van der Waals surface area (Å²) in [6.45, 7) is 2.40. The van der Waals surface area contributed by atoms with Gasteiger partial charge in [0.25, 0.3) is 0 Å². The van der Waals surface area contributed by atoms with E-state index in [9.17, 15) is 4.79 Å². The number of nitrogens with zero attached hydrogens (tertiary/aromatic N) is 4. The summed E-state index contributed by atoms with van der Waals surface area (Å²) in [5.41, 5.74) is 2.42. The lowest BCUT2D eigenvalue weighted by Gasteiger charge is -2.09.